The maximum atomic E-state index is 5.68. The van der Waals surface area contributed by atoms with Crippen LogP contribution >= 0.6 is 0 Å². The highest BCUT2D eigenvalue weighted by Crippen LogP contribution is 2.01. The van der Waals surface area contributed by atoms with Crippen LogP contribution < -0.4 is 5.32 Å². The maximum Gasteiger partial charge on any atom is 0.0932 e. The Morgan fingerprint density at radius 2 is 2.00 bits per heavy atom. The fraction of sp³-hybridized carbons (Fsp3) is 1.00. The van der Waals surface area contributed by atoms with E-state index in [1.165, 1.54) is 19.3 Å². The summed E-state index contributed by atoms with van der Waals surface area (Å²) in [5, 5.41) is 3.10. The molecule has 0 saturated heterocycles. The van der Waals surface area contributed by atoms with Gasteiger partial charge in [0.2, 0.25) is 0 Å². The lowest BCUT2D eigenvalue weighted by molar-refractivity contribution is -0.00147. The fourth-order valence-electron chi connectivity index (χ4n) is 1.36. The first-order chi connectivity index (χ1) is 6.85. The molecular weight excluding hydrogens is 178 g/mol. The Balaban J connectivity index is 3.30. The molecule has 0 saturated carbocycles. The van der Waals surface area contributed by atoms with Crippen molar-refractivity contribution in [3.63, 3.8) is 0 Å². The molecule has 0 aromatic rings. The molecule has 1 unspecified atom stereocenters. The molecule has 0 amide bonds. The van der Waals surface area contributed by atoms with Crippen molar-refractivity contribution in [3.05, 3.63) is 0 Å². The number of ether oxygens (including phenoxy) is 2. The third kappa shape index (κ3) is 8.48. The van der Waals surface area contributed by atoms with Crippen LogP contribution in [0.1, 0.15) is 32.6 Å². The highest BCUT2D eigenvalue weighted by molar-refractivity contribution is 4.58. The van der Waals surface area contributed by atoms with Gasteiger partial charge in [0.25, 0.3) is 0 Å². The molecule has 0 heterocycles. The molecule has 0 aromatic heterocycles. The van der Waals surface area contributed by atoms with Gasteiger partial charge in [0, 0.05) is 20.3 Å². The fourth-order valence-corrected chi connectivity index (χ4v) is 1.36. The van der Waals surface area contributed by atoms with E-state index in [1.54, 1.807) is 7.11 Å². The van der Waals surface area contributed by atoms with E-state index in [9.17, 15) is 0 Å². The Morgan fingerprint density at radius 3 is 2.57 bits per heavy atom. The number of likely N-dealkylation sites (N-methyl/N-ethyl adjacent to an activating group) is 1. The predicted molar refractivity (Wildman–Crippen MR) is 59.7 cm³/mol. The van der Waals surface area contributed by atoms with Gasteiger partial charge in [-0.1, -0.05) is 26.2 Å². The second-order valence-electron chi connectivity index (χ2n) is 3.57. The summed E-state index contributed by atoms with van der Waals surface area (Å²) in [5.41, 5.74) is 0. The smallest absolute Gasteiger partial charge is 0.0932 e. The van der Waals surface area contributed by atoms with Crippen molar-refractivity contribution in [2.45, 2.75) is 38.7 Å². The Kier molecular flexibility index (Phi) is 10.9. The van der Waals surface area contributed by atoms with Gasteiger partial charge in [-0.15, -0.1) is 0 Å². The lowest BCUT2D eigenvalue weighted by Crippen LogP contribution is -2.30. The van der Waals surface area contributed by atoms with Crippen LogP contribution in [-0.4, -0.2) is 40.0 Å². The van der Waals surface area contributed by atoms with E-state index in [0.717, 1.165) is 19.6 Å². The predicted octanol–water partition coefficient (Wildman–Crippen LogP) is 1.82. The van der Waals surface area contributed by atoms with Gasteiger partial charge in [-0.25, -0.2) is 0 Å². The number of methoxy groups -OCH3 is 1. The number of hydrogen-bond donors (Lipinski definition) is 1. The average molecular weight is 203 g/mol. The van der Waals surface area contributed by atoms with Gasteiger partial charge >= 0.3 is 0 Å². The standard InChI is InChI=1S/C11H25NO2/c1-4-5-6-7-8-14-11(9-12-2)10-13-3/h11-12H,4-10H2,1-3H3. The topological polar surface area (TPSA) is 30.5 Å². The van der Waals surface area contributed by atoms with Crippen molar-refractivity contribution in [3.8, 4) is 0 Å². The van der Waals surface area contributed by atoms with Gasteiger partial charge in [0.05, 0.1) is 12.7 Å². The van der Waals surface area contributed by atoms with Gasteiger partial charge in [-0.2, -0.15) is 0 Å². The molecule has 0 aliphatic carbocycles. The Labute approximate surface area is 88.2 Å². The van der Waals surface area contributed by atoms with Crippen LogP contribution in [0.4, 0.5) is 0 Å². The molecular formula is C11H25NO2. The van der Waals surface area contributed by atoms with E-state index in [1.807, 2.05) is 7.05 Å². The first-order valence-electron chi connectivity index (χ1n) is 5.60. The molecule has 0 spiro atoms. The third-order valence-electron chi connectivity index (χ3n) is 2.14. The van der Waals surface area contributed by atoms with Gasteiger partial charge in [0.1, 0.15) is 0 Å². The maximum absolute atomic E-state index is 5.68. The normalized spacial score (nSPS) is 13.1. The van der Waals surface area contributed by atoms with Gasteiger partial charge in [0.15, 0.2) is 0 Å². The molecule has 0 aromatic carbocycles. The van der Waals surface area contributed by atoms with E-state index in [2.05, 4.69) is 12.2 Å². The molecule has 14 heavy (non-hydrogen) atoms. The molecule has 0 aliphatic rings. The summed E-state index contributed by atoms with van der Waals surface area (Å²) in [4.78, 5) is 0. The molecule has 0 fully saturated rings. The first kappa shape index (κ1) is 13.9. The van der Waals surface area contributed by atoms with Gasteiger partial charge < -0.3 is 14.8 Å². The number of unbranched alkanes of at least 4 members (excludes halogenated alkanes) is 3. The summed E-state index contributed by atoms with van der Waals surface area (Å²) in [7, 11) is 3.65. The molecule has 0 rings (SSSR count). The summed E-state index contributed by atoms with van der Waals surface area (Å²) in [6.07, 6.45) is 5.22. The van der Waals surface area contributed by atoms with Crippen LogP contribution in [-0.2, 0) is 9.47 Å². The number of nitrogens with one attached hydrogen (secondary N) is 1. The number of hydrogen-bond acceptors (Lipinski definition) is 3. The highest BCUT2D eigenvalue weighted by atomic mass is 16.5. The van der Waals surface area contributed by atoms with E-state index in [4.69, 9.17) is 9.47 Å². The Hall–Kier alpha value is -0.120. The quantitative estimate of drug-likeness (QED) is 0.549. The number of rotatable bonds is 10. The summed E-state index contributed by atoms with van der Waals surface area (Å²) >= 11 is 0. The minimum absolute atomic E-state index is 0.201. The van der Waals surface area contributed by atoms with E-state index < -0.39 is 0 Å². The average Bonchev–Trinajstić information content (AvgIpc) is 2.18. The lowest BCUT2D eigenvalue weighted by atomic mass is 10.2. The Bertz CT molecular complexity index is 103. The van der Waals surface area contributed by atoms with Crippen LogP contribution in [0.15, 0.2) is 0 Å². The monoisotopic (exact) mass is 203 g/mol. The van der Waals surface area contributed by atoms with Crippen molar-refractivity contribution in [2.75, 3.05) is 33.9 Å². The SMILES string of the molecule is CCCCCCOC(CNC)COC. The first-order valence-corrected chi connectivity index (χ1v) is 5.60. The van der Waals surface area contributed by atoms with E-state index in [0.29, 0.717) is 6.61 Å². The molecule has 3 heteroatoms. The zero-order valence-electron chi connectivity index (χ0n) is 9.84. The molecule has 1 atom stereocenters. The minimum atomic E-state index is 0.201. The summed E-state index contributed by atoms with van der Waals surface area (Å²) in [6.45, 7) is 4.61. The molecule has 3 nitrogen and oxygen atoms in total. The van der Waals surface area contributed by atoms with Crippen LogP contribution in [0.25, 0.3) is 0 Å². The summed E-state index contributed by atoms with van der Waals surface area (Å²) in [6, 6.07) is 0. The van der Waals surface area contributed by atoms with Gasteiger partial charge in [-0.05, 0) is 13.5 Å². The van der Waals surface area contributed by atoms with Gasteiger partial charge in [-0.3, -0.25) is 0 Å². The zero-order chi connectivity index (χ0) is 10.6. The van der Waals surface area contributed by atoms with E-state index >= 15 is 0 Å². The van der Waals surface area contributed by atoms with Crippen molar-refractivity contribution in [1.82, 2.24) is 5.32 Å². The second-order valence-corrected chi connectivity index (χ2v) is 3.57. The van der Waals surface area contributed by atoms with Crippen LogP contribution in [0, 0.1) is 0 Å². The Morgan fingerprint density at radius 1 is 1.21 bits per heavy atom. The molecule has 86 valence electrons. The molecule has 0 radical (unpaired) electrons. The lowest BCUT2D eigenvalue weighted by Gasteiger charge is -2.16. The summed E-state index contributed by atoms with van der Waals surface area (Å²) in [5.74, 6) is 0. The van der Waals surface area contributed by atoms with Crippen molar-refractivity contribution in [2.24, 2.45) is 0 Å². The van der Waals surface area contributed by atoms with Crippen molar-refractivity contribution < 1.29 is 9.47 Å². The van der Waals surface area contributed by atoms with Crippen LogP contribution in [0.2, 0.25) is 0 Å². The molecule has 1 N–H and O–H groups in total. The van der Waals surface area contributed by atoms with Crippen LogP contribution in [0.5, 0.6) is 0 Å². The van der Waals surface area contributed by atoms with Crippen LogP contribution in [0.3, 0.4) is 0 Å². The third-order valence-corrected chi connectivity index (χ3v) is 2.14. The zero-order valence-corrected chi connectivity index (χ0v) is 9.84. The largest absolute Gasteiger partial charge is 0.382 e. The van der Waals surface area contributed by atoms with Crippen molar-refractivity contribution in [1.29, 1.82) is 0 Å². The minimum Gasteiger partial charge on any atom is -0.382 e. The van der Waals surface area contributed by atoms with Crippen molar-refractivity contribution >= 4 is 0 Å². The second kappa shape index (κ2) is 11.0. The highest BCUT2D eigenvalue weighted by Gasteiger charge is 2.06. The summed E-state index contributed by atoms with van der Waals surface area (Å²) < 4.78 is 10.8. The molecule has 0 aliphatic heterocycles. The molecule has 0 bridgehead atoms. The van der Waals surface area contributed by atoms with E-state index in [-0.39, 0.29) is 6.10 Å².